The second-order valence-corrected chi connectivity index (χ2v) is 6.13. The van der Waals surface area contributed by atoms with E-state index in [0.29, 0.717) is 0 Å². The van der Waals surface area contributed by atoms with Crippen LogP contribution >= 0.6 is 15.6 Å². The van der Waals surface area contributed by atoms with Gasteiger partial charge in [-0.3, -0.25) is 13.6 Å². The molecule has 1 rings (SSSR count). The average molecular weight is 278 g/mol. The number of rotatable bonds is 4. The minimum absolute atomic E-state index is 0.392. The molecule has 16 heavy (non-hydrogen) atoms. The number of aliphatic hydroxyl groups excluding tert-OH is 1. The molecule has 0 saturated carbocycles. The molecular formula is C5H12O9P2. The second-order valence-electron chi connectivity index (χ2n) is 3.44. The Hall–Kier alpha value is 0.180. The fraction of sp³-hybridized carbons (Fsp3) is 1.00. The topological polar surface area (TPSA) is 143 Å². The predicted molar refractivity (Wildman–Crippen MR) is 49.2 cm³/mol. The van der Waals surface area contributed by atoms with Gasteiger partial charge in [0.05, 0.1) is 31.8 Å². The third-order valence-electron chi connectivity index (χ3n) is 1.94. The lowest BCUT2D eigenvalue weighted by molar-refractivity contribution is -0.0632. The molecule has 1 saturated heterocycles. The smallest absolute Gasteiger partial charge is 0.396 e. The summed E-state index contributed by atoms with van der Waals surface area (Å²) >= 11 is 0. The normalized spacial score (nSPS) is 36.2. The summed E-state index contributed by atoms with van der Waals surface area (Å²) in [5.41, 5.74) is -1.25. The van der Waals surface area contributed by atoms with Crippen molar-refractivity contribution in [2.45, 2.75) is 0 Å². The number of hydrogen-bond acceptors (Lipinski definition) is 6. The van der Waals surface area contributed by atoms with Gasteiger partial charge in [0.25, 0.3) is 0 Å². The van der Waals surface area contributed by atoms with Crippen molar-refractivity contribution < 1.29 is 42.5 Å². The fourth-order valence-electron chi connectivity index (χ4n) is 0.957. The van der Waals surface area contributed by atoms with Crippen LogP contribution in [0.1, 0.15) is 0 Å². The highest BCUT2D eigenvalue weighted by molar-refractivity contribution is 7.47. The van der Waals surface area contributed by atoms with Gasteiger partial charge in [-0.2, -0.15) is 0 Å². The molecule has 96 valence electrons. The van der Waals surface area contributed by atoms with Gasteiger partial charge in [0.1, 0.15) is 0 Å². The monoisotopic (exact) mass is 278 g/mol. The molecule has 0 amide bonds. The number of aliphatic hydroxyl groups is 1. The molecule has 0 aromatic heterocycles. The molecule has 1 aliphatic heterocycles. The molecule has 11 heteroatoms. The van der Waals surface area contributed by atoms with Gasteiger partial charge in [-0.05, 0) is 0 Å². The standard InChI is InChI=1S/C5H12O9P2/c6-1-5(2-12-15(7,8)9)3-13-16(10,11)14-4-5/h6H,1-4H2,(H,10,11)(H2,7,8,9). The molecule has 9 nitrogen and oxygen atoms in total. The molecule has 0 aliphatic carbocycles. The maximum Gasteiger partial charge on any atom is 0.472 e. The molecule has 0 atom stereocenters. The zero-order valence-corrected chi connectivity index (χ0v) is 9.84. The van der Waals surface area contributed by atoms with E-state index in [1.54, 1.807) is 0 Å². The molecule has 0 bridgehead atoms. The lowest BCUT2D eigenvalue weighted by Crippen LogP contribution is -2.42. The average Bonchev–Trinajstić information content (AvgIpc) is 2.16. The Morgan fingerprint density at radius 1 is 1.38 bits per heavy atom. The van der Waals surface area contributed by atoms with E-state index < -0.39 is 47.5 Å². The van der Waals surface area contributed by atoms with Crippen molar-refractivity contribution in [2.24, 2.45) is 5.41 Å². The van der Waals surface area contributed by atoms with Gasteiger partial charge >= 0.3 is 15.6 Å². The van der Waals surface area contributed by atoms with Crippen LogP contribution in [-0.4, -0.2) is 46.2 Å². The second kappa shape index (κ2) is 4.81. The summed E-state index contributed by atoms with van der Waals surface area (Å²) < 4.78 is 34.4. The van der Waals surface area contributed by atoms with Crippen molar-refractivity contribution in [3.63, 3.8) is 0 Å². The zero-order valence-electron chi connectivity index (χ0n) is 8.05. The highest BCUT2D eigenvalue weighted by atomic mass is 31.2. The molecule has 0 aromatic carbocycles. The first-order chi connectivity index (χ1) is 7.18. The van der Waals surface area contributed by atoms with Crippen molar-refractivity contribution in [2.75, 3.05) is 26.4 Å². The molecule has 4 N–H and O–H groups in total. The van der Waals surface area contributed by atoms with Crippen LogP contribution in [-0.2, 0) is 22.7 Å². The molecule has 0 spiro atoms. The lowest BCUT2D eigenvalue weighted by atomic mass is 9.93. The van der Waals surface area contributed by atoms with Crippen molar-refractivity contribution in [1.29, 1.82) is 0 Å². The summed E-state index contributed by atoms with van der Waals surface area (Å²) in [5.74, 6) is 0. The summed E-state index contributed by atoms with van der Waals surface area (Å²) in [5, 5.41) is 9.04. The van der Waals surface area contributed by atoms with Gasteiger partial charge < -0.3 is 19.8 Å². The Bertz CT molecular complexity index is 323. The van der Waals surface area contributed by atoms with Gasteiger partial charge in [-0.1, -0.05) is 0 Å². The minimum atomic E-state index is -4.67. The van der Waals surface area contributed by atoms with Crippen molar-refractivity contribution >= 4 is 15.6 Å². The van der Waals surface area contributed by atoms with Crippen molar-refractivity contribution in [1.82, 2.24) is 0 Å². The predicted octanol–water partition coefficient (Wildman–Crippen LogP) is -0.778. The van der Waals surface area contributed by atoms with Gasteiger partial charge in [0.2, 0.25) is 0 Å². The Labute approximate surface area is 90.8 Å². The SMILES string of the molecule is O=P(O)(O)OCC1(CO)COP(=O)(O)OC1. The lowest BCUT2D eigenvalue weighted by Gasteiger charge is -2.35. The maximum absolute atomic E-state index is 10.9. The highest BCUT2D eigenvalue weighted by Crippen LogP contribution is 2.50. The summed E-state index contributed by atoms with van der Waals surface area (Å²) in [6.07, 6.45) is 0. The van der Waals surface area contributed by atoms with E-state index in [9.17, 15) is 9.13 Å². The highest BCUT2D eigenvalue weighted by Gasteiger charge is 2.43. The summed E-state index contributed by atoms with van der Waals surface area (Å²) in [4.78, 5) is 25.8. The van der Waals surface area contributed by atoms with Crippen LogP contribution in [0.2, 0.25) is 0 Å². The number of hydrogen-bond donors (Lipinski definition) is 4. The van der Waals surface area contributed by atoms with E-state index >= 15 is 0 Å². The third-order valence-corrected chi connectivity index (χ3v) is 3.32. The van der Waals surface area contributed by atoms with E-state index in [1.165, 1.54) is 0 Å². The van der Waals surface area contributed by atoms with E-state index in [-0.39, 0.29) is 0 Å². The van der Waals surface area contributed by atoms with Gasteiger partial charge in [-0.25, -0.2) is 9.13 Å². The largest absolute Gasteiger partial charge is 0.472 e. The quantitative estimate of drug-likeness (QED) is 0.487. The molecule has 0 unspecified atom stereocenters. The first-order valence-electron chi connectivity index (χ1n) is 4.11. The Morgan fingerprint density at radius 3 is 2.25 bits per heavy atom. The maximum atomic E-state index is 10.9. The Morgan fingerprint density at radius 2 is 1.88 bits per heavy atom. The zero-order chi connectivity index (χ0) is 12.4. The number of phosphoric ester groups is 2. The van der Waals surface area contributed by atoms with Crippen LogP contribution in [0, 0.1) is 5.41 Å². The van der Waals surface area contributed by atoms with Crippen LogP contribution in [0.25, 0.3) is 0 Å². The van der Waals surface area contributed by atoms with Crippen LogP contribution in [0.4, 0.5) is 0 Å². The Balaban J connectivity index is 2.60. The van der Waals surface area contributed by atoms with E-state index in [1.807, 2.05) is 0 Å². The van der Waals surface area contributed by atoms with E-state index in [0.717, 1.165) is 0 Å². The van der Waals surface area contributed by atoms with Crippen LogP contribution < -0.4 is 0 Å². The molecule has 1 fully saturated rings. The molecule has 0 aromatic rings. The Kier molecular flexibility index (Phi) is 4.29. The van der Waals surface area contributed by atoms with Crippen LogP contribution in [0.5, 0.6) is 0 Å². The minimum Gasteiger partial charge on any atom is -0.396 e. The summed E-state index contributed by atoms with van der Waals surface area (Å²) in [7, 11) is -8.78. The van der Waals surface area contributed by atoms with E-state index in [2.05, 4.69) is 13.6 Å². The molecule has 0 radical (unpaired) electrons. The molecule has 1 heterocycles. The third kappa shape index (κ3) is 4.21. The van der Waals surface area contributed by atoms with Crippen LogP contribution in [0.15, 0.2) is 0 Å². The molecular weight excluding hydrogens is 266 g/mol. The number of phosphoric acid groups is 2. The van der Waals surface area contributed by atoms with Gasteiger partial charge in [-0.15, -0.1) is 0 Å². The summed E-state index contributed by atoms with van der Waals surface area (Å²) in [6.45, 7) is -1.89. The fourth-order valence-corrected chi connectivity index (χ4v) is 2.35. The molecule has 1 aliphatic rings. The van der Waals surface area contributed by atoms with Crippen molar-refractivity contribution in [3.8, 4) is 0 Å². The first kappa shape index (κ1) is 14.2. The van der Waals surface area contributed by atoms with Crippen LogP contribution in [0.3, 0.4) is 0 Å². The summed E-state index contributed by atoms with van der Waals surface area (Å²) in [6, 6.07) is 0. The van der Waals surface area contributed by atoms with Crippen molar-refractivity contribution in [3.05, 3.63) is 0 Å². The first-order valence-corrected chi connectivity index (χ1v) is 7.14. The van der Waals surface area contributed by atoms with Gasteiger partial charge in [0, 0.05) is 0 Å². The van der Waals surface area contributed by atoms with E-state index in [4.69, 9.17) is 19.8 Å². The van der Waals surface area contributed by atoms with Gasteiger partial charge in [0.15, 0.2) is 0 Å².